The van der Waals surface area contributed by atoms with Crippen molar-refractivity contribution in [3.63, 3.8) is 0 Å². The Kier molecular flexibility index (Phi) is 4.57. The number of halogens is 1. The first-order chi connectivity index (χ1) is 13.2. The summed E-state index contributed by atoms with van der Waals surface area (Å²) in [5, 5.41) is 11.4. The number of aliphatic hydroxyl groups excluding tert-OH is 1. The van der Waals surface area contributed by atoms with Gasteiger partial charge < -0.3 is 9.51 Å². The number of imidazole rings is 1. The topological polar surface area (TPSA) is 37.5 Å². The van der Waals surface area contributed by atoms with E-state index in [4.69, 9.17) is 0 Å². The van der Waals surface area contributed by atoms with Crippen molar-refractivity contribution < 1.29 is 5.11 Å². The molecule has 0 aliphatic heterocycles. The number of benzene rings is 1. The van der Waals surface area contributed by atoms with Crippen LogP contribution in [0.25, 0.3) is 5.52 Å². The number of fused-ring (bicyclic) bond motifs is 1. The third-order valence-electron chi connectivity index (χ3n) is 6.51. The second kappa shape index (κ2) is 7.06. The highest BCUT2D eigenvalue weighted by Gasteiger charge is 2.34. The number of hydrogen-bond acceptors (Lipinski definition) is 2. The molecule has 1 atom stereocenters. The Morgan fingerprint density at radius 3 is 2.33 bits per heavy atom. The van der Waals surface area contributed by atoms with Gasteiger partial charge in [-0.05, 0) is 85.6 Å². The molecule has 0 unspecified atom stereocenters. The molecule has 0 amide bonds. The summed E-state index contributed by atoms with van der Waals surface area (Å²) >= 11 is 3.52. The molecule has 2 aliphatic carbocycles. The van der Waals surface area contributed by atoms with Crippen LogP contribution < -0.4 is 0 Å². The third kappa shape index (κ3) is 3.34. The SMILES string of the molecule is O[C@H](c1c(C2CC2)ccc2cncn12)C1CCC(c2ccc(Br)cc2)CC1. The highest BCUT2D eigenvalue weighted by molar-refractivity contribution is 9.10. The largest absolute Gasteiger partial charge is 0.387 e. The Morgan fingerprint density at radius 1 is 0.926 bits per heavy atom. The first-order valence-corrected chi connectivity index (χ1v) is 10.9. The van der Waals surface area contributed by atoms with Gasteiger partial charge in [0.15, 0.2) is 0 Å². The lowest BCUT2D eigenvalue weighted by molar-refractivity contribution is 0.0754. The van der Waals surface area contributed by atoms with E-state index < -0.39 is 6.10 Å². The van der Waals surface area contributed by atoms with Gasteiger partial charge >= 0.3 is 0 Å². The molecular formula is C23H25BrN2O. The van der Waals surface area contributed by atoms with Crippen LogP contribution in [0.5, 0.6) is 0 Å². The summed E-state index contributed by atoms with van der Waals surface area (Å²) in [5.74, 6) is 1.58. The summed E-state index contributed by atoms with van der Waals surface area (Å²) < 4.78 is 3.26. The van der Waals surface area contributed by atoms with Crippen LogP contribution in [0.1, 0.15) is 73.3 Å². The van der Waals surface area contributed by atoms with Gasteiger partial charge in [0, 0.05) is 4.47 Å². The summed E-state index contributed by atoms with van der Waals surface area (Å²) in [6.07, 6.45) is 10.3. The molecule has 5 rings (SSSR count). The van der Waals surface area contributed by atoms with E-state index in [1.54, 1.807) is 0 Å². The molecule has 2 heterocycles. The van der Waals surface area contributed by atoms with Gasteiger partial charge in [0.1, 0.15) is 0 Å². The molecule has 2 aromatic heterocycles. The minimum atomic E-state index is -0.399. The van der Waals surface area contributed by atoms with Crippen LogP contribution >= 0.6 is 15.9 Å². The fourth-order valence-electron chi connectivity index (χ4n) is 4.81. The lowest BCUT2D eigenvalue weighted by Crippen LogP contribution is -2.22. The molecule has 140 valence electrons. The quantitative estimate of drug-likeness (QED) is 0.558. The molecule has 3 aromatic rings. The van der Waals surface area contributed by atoms with E-state index in [-0.39, 0.29) is 0 Å². The van der Waals surface area contributed by atoms with Crippen molar-refractivity contribution in [1.29, 1.82) is 0 Å². The maximum absolute atomic E-state index is 11.4. The first kappa shape index (κ1) is 17.4. The van der Waals surface area contributed by atoms with E-state index in [1.165, 1.54) is 24.0 Å². The van der Waals surface area contributed by atoms with Gasteiger partial charge in [-0.3, -0.25) is 0 Å². The Hall–Kier alpha value is -1.65. The van der Waals surface area contributed by atoms with Gasteiger partial charge in [-0.15, -0.1) is 0 Å². The molecule has 3 nitrogen and oxygen atoms in total. The van der Waals surface area contributed by atoms with E-state index in [2.05, 4.69) is 61.7 Å². The van der Waals surface area contributed by atoms with Gasteiger partial charge in [0.2, 0.25) is 0 Å². The Morgan fingerprint density at radius 2 is 1.63 bits per heavy atom. The van der Waals surface area contributed by atoms with E-state index in [0.29, 0.717) is 17.8 Å². The number of aromatic nitrogens is 2. The normalized spacial score (nSPS) is 24.2. The zero-order valence-electron chi connectivity index (χ0n) is 15.4. The van der Waals surface area contributed by atoms with Gasteiger partial charge in [0.05, 0.1) is 29.8 Å². The molecule has 0 bridgehead atoms. The average Bonchev–Trinajstić information content (AvgIpc) is 3.44. The van der Waals surface area contributed by atoms with Gasteiger partial charge in [0.25, 0.3) is 0 Å². The van der Waals surface area contributed by atoms with Crippen LogP contribution in [0.3, 0.4) is 0 Å². The van der Waals surface area contributed by atoms with Crippen molar-refractivity contribution in [2.45, 2.75) is 56.5 Å². The lowest BCUT2D eigenvalue weighted by atomic mass is 9.75. The van der Waals surface area contributed by atoms with E-state index in [1.807, 2.05) is 12.5 Å². The maximum Gasteiger partial charge on any atom is 0.0995 e. The summed E-state index contributed by atoms with van der Waals surface area (Å²) in [6.45, 7) is 0. The monoisotopic (exact) mass is 424 g/mol. The molecular weight excluding hydrogens is 400 g/mol. The third-order valence-corrected chi connectivity index (χ3v) is 7.04. The number of aliphatic hydroxyl groups is 1. The van der Waals surface area contributed by atoms with Crippen molar-refractivity contribution in [3.8, 4) is 0 Å². The summed E-state index contributed by atoms with van der Waals surface area (Å²) in [4.78, 5) is 4.32. The van der Waals surface area contributed by atoms with Crippen molar-refractivity contribution in [3.05, 3.63) is 70.2 Å². The first-order valence-electron chi connectivity index (χ1n) is 10.1. The second-order valence-corrected chi connectivity index (χ2v) is 9.16. The molecule has 2 fully saturated rings. The molecule has 27 heavy (non-hydrogen) atoms. The number of pyridine rings is 1. The van der Waals surface area contributed by atoms with E-state index in [0.717, 1.165) is 41.4 Å². The van der Waals surface area contributed by atoms with Crippen molar-refractivity contribution in [2.75, 3.05) is 0 Å². The summed E-state index contributed by atoms with van der Waals surface area (Å²) in [7, 11) is 0. The highest BCUT2D eigenvalue weighted by atomic mass is 79.9. The molecule has 0 radical (unpaired) electrons. The minimum Gasteiger partial charge on any atom is -0.387 e. The molecule has 1 N–H and O–H groups in total. The van der Waals surface area contributed by atoms with E-state index in [9.17, 15) is 5.11 Å². The average molecular weight is 425 g/mol. The lowest BCUT2D eigenvalue weighted by Gasteiger charge is -2.33. The van der Waals surface area contributed by atoms with Crippen LogP contribution in [0, 0.1) is 5.92 Å². The Labute approximate surface area is 168 Å². The van der Waals surface area contributed by atoms with Gasteiger partial charge in [-0.1, -0.05) is 34.1 Å². The smallest absolute Gasteiger partial charge is 0.0995 e. The van der Waals surface area contributed by atoms with Gasteiger partial charge in [-0.25, -0.2) is 4.98 Å². The summed E-state index contributed by atoms with van der Waals surface area (Å²) in [5.41, 5.74) is 4.95. The van der Waals surface area contributed by atoms with Crippen LogP contribution in [-0.4, -0.2) is 14.5 Å². The number of hydrogen-bond donors (Lipinski definition) is 1. The van der Waals surface area contributed by atoms with Crippen molar-refractivity contribution in [1.82, 2.24) is 9.38 Å². The predicted octanol–water partition coefficient (Wildman–Crippen LogP) is 5.98. The minimum absolute atomic E-state index is 0.335. The van der Waals surface area contributed by atoms with Crippen LogP contribution in [0.2, 0.25) is 0 Å². The standard InChI is InChI=1S/C23H25BrN2O/c24-19-9-7-16(8-10-19)15-1-5-18(6-2-15)23(27)22-21(17-3-4-17)12-11-20-13-25-14-26(20)22/h7-15,17-18,23,27H,1-6H2/t15?,18?,23-/m0/s1. The van der Waals surface area contributed by atoms with Crippen LogP contribution in [-0.2, 0) is 0 Å². The zero-order valence-corrected chi connectivity index (χ0v) is 17.0. The maximum atomic E-state index is 11.4. The van der Waals surface area contributed by atoms with Crippen LogP contribution in [0.4, 0.5) is 0 Å². The molecule has 2 saturated carbocycles. The molecule has 0 saturated heterocycles. The predicted molar refractivity (Wildman–Crippen MR) is 111 cm³/mol. The Balaban J connectivity index is 1.37. The molecule has 4 heteroatoms. The molecule has 2 aliphatic rings. The van der Waals surface area contributed by atoms with Gasteiger partial charge in [-0.2, -0.15) is 0 Å². The fourth-order valence-corrected chi connectivity index (χ4v) is 5.07. The second-order valence-electron chi connectivity index (χ2n) is 8.24. The fraction of sp³-hybridized carbons (Fsp3) is 0.435. The number of nitrogens with zero attached hydrogens (tertiary/aromatic N) is 2. The van der Waals surface area contributed by atoms with Crippen molar-refractivity contribution >= 4 is 21.4 Å². The zero-order chi connectivity index (χ0) is 18.4. The highest BCUT2D eigenvalue weighted by Crippen LogP contribution is 2.47. The van der Waals surface area contributed by atoms with Crippen molar-refractivity contribution in [2.24, 2.45) is 5.92 Å². The van der Waals surface area contributed by atoms with E-state index >= 15 is 0 Å². The molecule has 0 spiro atoms. The molecule has 1 aromatic carbocycles. The Bertz CT molecular complexity index is 937. The van der Waals surface area contributed by atoms with Crippen LogP contribution in [0.15, 0.2) is 53.4 Å². The number of rotatable bonds is 4. The summed E-state index contributed by atoms with van der Waals surface area (Å²) in [6, 6.07) is 13.1.